The molecular weight excluding hydrogens is 420 g/mol. The van der Waals surface area contributed by atoms with Gasteiger partial charge in [-0.15, -0.1) is 0 Å². The number of nitrogens with one attached hydrogen (secondary N) is 1. The van der Waals surface area contributed by atoms with Crippen LogP contribution in [0.25, 0.3) is 0 Å². The third kappa shape index (κ3) is 5.35. The lowest BCUT2D eigenvalue weighted by atomic mass is 10.1. The van der Waals surface area contributed by atoms with E-state index in [1.807, 2.05) is 0 Å². The monoisotopic (exact) mass is 446 g/mol. The zero-order chi connectivity index (χ0) is 22.4. The first-order valence-corrected chi connectivity index (χ1v) is 11.6. The molecule has 0 spiro atoms. The highest BCUT2D eigenvalue weighted by Gasteiger charge is 2.36. The molecule has 2 aromatic rings. The van der Waals surface area contributed by atoms with Crippen LogP contribution < -0.4 is 19.7 Å². The number of rotatable bonds is 9. The summed E-state index contributed by atoms with van der Waals surface area (Å²) < 4.78 is 35.2. The Morgan fingerprint density at radius 1 is 1.13 bits per heavy atom. The molecule has 0 aliphatic carbocycles. The maximum Gasteiger partial charge on any atom is 0.227 e. The van der Waals surface area contributed by atoms with Crippen LogP contribution >= 0.6 is 0 Å². The molecular formula is C22H26N2O6S. The van der Waals surface area contributed by atoms with Crippen LogP contribution in [0.15, 0.2) is 53.4 Å². The number of hydrogen-bond acceptors (Lipinski definition) is 6. The van der Waals surface area contributed by atoms with Gasteiger partial charge in [-0.25, -0.2) is 8.42 Å². The van der Waals surface area contributed by atoms with Gasteiger partial charge in [-0.1, -0.05) is 18.2 Å². The molecule has 1 saturated heterocycles. The number of nitrogens with zero attached hydrogens (tertiary/aromatic N) is 1. The van der Waals surface area contributed by atoms with Crippen molar-refractivity contribution in [1.29, 1.82) is 0 Å². The van der Waals surface area contributed by atoms with Gasteiger partial charge in [0.25, 0.3) is 0 Å². The average Bonchev–Trinajstić information content (AvgIpc) is 3.18. The molecule has 2 aromatic carbocycles. The van der Waals surface area contributed by atoms with Crippen LogP contribution in [0.2, 0.25) is 0 Å². The average molecular weight is 447 g/mol. The molecule has 1 fully saturated rings. The fourth-order valence-corrected chi connectivity index (χ4v) is 4.82. The van der Waals surface area contributed by atoms with Crippen molar-refractivity contribution in [2.75, 3.05) is 38.0 Å². The number of amides is 2. The molecule has 1 N–H and O–H groups in total. The number of benzene rings is 2. The lowest BCUT2D eigenvalue weighted by Crippen LogP contribution is -2.34. The van der Waals surface area contributed by atoms with Gasteiger partial charge in [-0.05, 0) is 30.7 Å². The van der Waals surface area contributed by atoms with E-state index >= 15 is 0 Å². The van der Waals surface area contributed by atoms with Gasteiger partial charge in [0.05, 0.1) is 36.5 Å². The third-order valence-corrected chi connectivity index (χ3v) is 6.98. The molecule has 1 aliphatic heterocycles. The van der Waals surface area contributed by atoms with Crippen LogP contribution in [-0.2, 0) is 19.4 Å². The van der Waals surface area contributed by atoms with Crippen molar-refractivity contribution in [2.45, 2.75) is 17.7 Å². The van der Waals surface area contributed by atoms with Crippen molar-refractivity contribution in [2.24, 2.45) is 5.92 Å². The van der Waals surface area contributed by atoms with Gasteiger partial charge in [0.2, 0.25) is 11.8 Å². The molecule has 0 saturated carbocycles. The summed E-state index contributed by atoms with van der Waals surface area (Å²) in [6, 6.07) is 13.4. The first-order chi connectivity index (χ1) is 14.9. The van der Waals surface area contributed by atoms with Gasteiger partial charge in [0.1, 0.15) is 11.5 Å². The summed E-state index contributed by atoms with van der Waals surface area (Å²) in [5.74, 6) is 0.0633. The van der Waals surface area contributed by atoms with E-state index in [1.54, 1.807) is 48.5 Å². The van der Waals surface area contributed by atoms with E-state index in [4.69, 9.17) is 9.47 Å². The molecule has 0 aromatic heterocycles. The summed E-state index contributed by atoms with van der Waals surface area (Å²) >= 11 is 0. The van der Waals surface area contributed by atoms with Crippen LogP contribution in [0.1, 0.15) is 12.8 Å². The number of anilines is 1. The van der Waals surface area contributed by atoms with Gasteiger partial charge in [-0.3, -0.25) is 9.59 Å². The van der Waals surface area contributed by atoms with Crippen molar-refractivity contribution in [3.63, 3.8) is 0 Å². The van der Waals surface area contributed by atoms with E-state index in [0.717, 1.165) is 0 Å². The first-order valence-electron chi connectivity index (χ1n) is 9.93. The summed E-state index contributed by atoms with van der Waals surface area (Å²) in [6.45, 7) is 0.439. The predicted octanol–water partition coefficient (Wildman–Crippen LogP) is 2.04. The zero-order valence-electron chi connectivity index (χ0n) is 17.5. The van der Waals surface area contributed by atoms with Crippen LogP contribution in [-0.4, -0.2) is 53.3 Å². The van der Waals surface area contributed by atoms with Gasteiger partial charge < -0.3 is 19.7 Å². The van der Waals surface area contributed by atoms with Crippen LogP contribution in [0.4, 0.5) is 5.69 Å². The van der Waals surface area contributed by atoms with E-state index in [2.05, 4.69) is 5.32 Å². The maximum atomic E-state index is 12.5. The summed E-state index contributed by atoms with van der Waals surface area (Å²) in [6.07, 6.45) is 0.367. The Kier molecular flexibility index (Phi) is 7.17. The van der Waals surface area contributed by atoms with Gasteiger partial charge >= 0.3 is 0 Å². The van der Waals surface area contributed by atoms with Gasteiger partial charge in [-0.2, -0.15) is 0 Å². The summed E-state index contributed by atoms with van der Waals surface area (Å²) in [5.41, 5.74) is 0.552. The Morgan fingerprint density at radius 2 is 1.87 bits per heavy atom. The van der Waals surface area contributed by atoms with Crippen molar-refractivity contribution < 1.29 is 27.5 Å². The number of hydrogen-bond donors (Lipinski definition) is 1. The SMILES string of the molecule is COc1ccc(OC)c(N2CC(C(=O)NCCCS(=O)(=O)c3ccccc3)CC2=O)c1. The van der Waals surface area contributed by atoms with Crippen LogP contribution in [0.5, 0.6) is 11.5 Å². The van der Waals surface area contributed by atoms with Gasteiger partial charge in [0, 0.05) is 25.6 Å². The van der Waals surface area contributed by atoms with E-state index in [9.17, 15) is 18.0 Å². The molecule has 9 heteroatoms. The molecule has 3 rings (SSSR count). The number of sulfone groups is 1. The molecule has 31 heavy (non-hydrogen) atoms. The molecule has 1 atom stereocenters. The second kappa shape index (κ2) is 9.82. The second-order valence-corrected chi connectivity index (χ2v) is 9.33. The van der Waals surface area contributed by atoms with Crippen molar-refractivity contribution in [1.82, 2.24) is 5.32 Å². The molecule has 1 aliphatic rings. The summed E-state index contributed by atoms with van der Waals surface area (Å²) in [5, 5.41) is 2.75. The standard InChI is InChI=1S/C22H26N2O6S/c1-29-17-9-10-20(30-2)19(14-17)24-15-16(13-21(24)25)22(26)23-11-6-12-31(27,28)18-7-4-3-5-8-18/h3-5,7-10,14,16H,6,11-13,15H2,1-2H3,(H,23,26). The normalized spacial score (nSPS) is 16.3. The minimum Gasteiger partial charge on any atom is -0.497 e. The summed E-state index contributed by atoms with van der Waals surface area (Å²) in [4.78, 5) is 26.9. The number of carbonyl (C=O) groups is 2. The third-order valence-electron chi connectivity index (χ3n) is 5.16. The molecule has 0 bridgehead atoms. The summed E-state index contributed by atoms with van der Waals surface area (Å²) in [7, 11) is -0.338. The smallest absolute Gasteiger partial charge is 0.227 e. The molecule has 0 radical (unpaired) electrons. The minimum atomic E-state index is -3.38. The molecule has 1 heterocycles. The number of methoxy groups -OCH3 is 2. The lowest BCUT2D eigenvalue weighted by molar-refractivity contribution is -0.126. The quantitative estimate of drug-likeness (QED) is 0.592. The fourth-order valence-electron chi connectivity index (χ4n) is 3.49. The highest BCUT2D eigenvalue weighted by molar-refractivity contribution is 7.91. The Bertz CT molecular complexity index is 1040. The predicted molar refractivity (Wildman–Crippen MR) is 116 cm³/mol. The number of carbonyl (C=O) groups excluding carboxylic acids is 2. The largest absolute Gasteiger partial charge is 0.497 e. The van der Waals surface area contributed by atoms with E-state index < -0.39 is 15.8 Å². The van der Waals surface area contributed by atoms with Crippen molar-refractivity contribution in [3.05, 3.63) is 48.5 Å². The zero-order valence-corrected chi connectivity index (χ0v) is 18.4. The van der Waals surface area contributed by atoms with Gasteiger partial charge in [0.15, 0.2) is 9.84 Å². The first kappa shape index (κ1) is 22.6. The Morgan fingerprint density at radius 3 is 2.55 bits per heavy atom. The topological polar surface area (TPSA) is 102 Å². The van der Waals surface area contributed by atoms with Crippen molar-refractivity contribution >= 4 is 27.3 Å². The van der Waals surface area contributed by atoms with Crippen LogP contribution in [0, 0.1) is 5.92 Å². The van der Waals surface area contributed by atoms with E-state index in [-0.39, 0.29) is 48.4 Å². The molecule has 166 valence electrons. The van der Waals surface area contributed by atoms with E-state index in [0.29, 0.717) is 17.2 Å². The Labute approximate surface area is 182 Å². The Balaban J connectivity index is 1.55. The van der Waals surface area contributed by atoms with Crippen molar-refractivity contribution in [3.8, 4) is 11.5 Å². The highest BCUT2D eigenvalue weighted by atomic mass is 32.2. The Hall–Kier alpha value is -3.07. The minimum absolute atomic E-state index is 0.0615. The number of ether oxygens (including phenoxy) is 2. The van der Waals surface area contributed by atoms with E-state index in [1.165, 1.54) is 19.1 Å². The second-order valence-electron chi connectivity index (χ2n) is 7.22. The molecule has 1 unspecified atom stereocenters. The highest BCUT2D eigenvalue weighted by Crippen LogP contribution is 2.36. The molecule has 8 nitrogen and oxygen atoms in total. The van der Waals surface area contributed by atoms with Crippen LogP contribution in [0.3, 0.4) is 0 Å². The molecule has 2 amide bonds. The maximum absolute atomic E-state index is 12.5. The lowest BCUT2D eigenvalue weighted by Gasteiger charge is -2.20. The fraction of sp³-hybridized carbons (Fsp3) is 0.364.